The highest BCUT2D eigenvalue weighted by Gasteiger charge is 2.53. The fourth-order valence-corrected chi connectivity index (χ4v) is 4.08. The standard InChI is InChI=1S/C16H28N2O/c1-4-7-18(15(19)14-10-16(14,2)3)13-8-11-5-6-12(9-13)17-11/h11-14,17H,4-10H2,1-3H3. The van der Waals surface area contributed by atoms with Crippen LogP contribution in [-0.2, 0) is 4.79 Å². The SMILES string of the molecule is CCCN(C(=O)C1CC1(C)C)C1CC2CCC(C1)N2. The number of carbonyl (C=O) groups excluding carboxylic acids is 1. The van der Waals surface area contributed by atoms with Gasteiger partial charge in [-0.25, -0.2) is 0 Å². The Kier molecular flexibility index (Phi) is 3.36. The molecule has 108 valence electrons. The number of rotatable bonds is 4. The molecule has 1 saturated carbocycles. The third-order valence-electron chi connectivity index (χ3n) is 5.45. The van der Waals surface area contributed by atoms with Crippen LogP contribution >= 0.6 is 0 Å². The topological polar surface area (TPSA) is 32.3 Å². The van der Waals surface area contributed by atoms with Crippen molar-refractivity contribution >= 4 is 5.91 Å². The fourth-order valence-electron chi connectivity index (χ4n) is 4.08. The predicted octanol–water partition coefficient (Wildman–Crippen LogP) is 2.55. The summed E-state index contributed by atoms with van der Waals surface area (Å²) in [5.41, 5.74) is 0.259. The zero-order chi connectivity index (χ0) is 13.6. The molecule has 3 nitrogen and oxygen atoms in total. The molecule has 2 bridgehead atoms. The highest BCUT2D eigenvalue weighted by molar-refractivity contribution is 5.82. The molecule has 0 aromatic heterocycles. The van der Waals surface area contributed by atoms with E-state index in [9.17, 15) is 4.79 Å². The lowest BCUT2D eigenvalue weighted by atomic mass is 9.97. The molecule has 1 aliphatic carbocycles. The van der Waals surface area contributed by atoms with E-state index in [1.165, 1.54) is 25.7 Å². The fraction of sp³-hybridized carbons (Fsp3) is 0.938. The molecule has 3 heteroatoms. The van der Waals surface area contributed by atoms with Gasteiger partial charge in [0.1, 0.15) is 0 Å². The first-order chi connectivity index (χ1) is 9.01. The van der Waals surface area contributed by atoms with Crippen LogP contribution < -0.4 is 5.32 Å². The Morgan fingerprint density at radius 3 is 2.32 bits per heavy atom. The van der Waals surface area contributed by atoms with E-state index in [0.29, 0.717) is 30.0 Å². The molecule has 1 amide bonds. The van der Waals surface area contributed by atoms with Crippen LogP contribution in [-0.4, -0.2) is 35.5 Å². The quantitative estimate of drug-likeness (QED) is 0.846. The largest absolute Gasteiger partial charge is 0.339 e. The van der Waals surface area contributed by atoms with E-state index < -0.39 is 0 Å². The first kappa shape index (κ1) is 13.4. The summed E-state index contributed by atoms with van der Waals surface area (Å²) in [6, 6.07) is 1.84. The molecule has 2 heterocycles. The van der Waals surface area contributed by atoms with Gasteiger partial charge in [0, 0.05) is 30.6 Å². The van der Waals surface area contributed by atoms with Crippen molar-refractivity contribution < 1.29 is 4.79 Å². The van der Waals surface area contributed by atoms with Crippen molar-refractivity contribution in [2.45, 2.75) is 77.4 Å². The molecule has 0 spiro atoms. The maximum Gasteiger partial charge on any atom is 0.226 e. The van der Waals surface area contributed by atoms with E-state index in [1.54, 1.807) is 0 Å². The smallest absolute Gasteiger partial charge is 0.226 e. The van der Waals surface area contributed by atoms with Gasteiger partial charge in [-0.3, -0.25) is 4.79 Å². The first-order valence-electron chi connectivity index (χ1n) is 8.08. The van der Waals surface area contributed by atoms with E-state index >= 15 is 0 Å². The van der Waals surface area contributed by atoms with Crippen molar-refractivity contribution in [3.8, 4) is 0 Å². The molecule has 3 fully saturated rings. The Labute approximate surface area is 117 Å². The zero-order valence-electron chi connectivity index (χ0n) is 12.6. The summed E-state index contributed by atoms with van der Waals surface area (Å²) in [5, 5.41) is 3.68. The van der Waals surface area contributed by atoms with Gasteiger partial charge in [-0.2, -0.15) is 0 Å². The molecular weight excluding hydrogens is 236 g/mol. The Bertz CT molecular complexity index is 354. The first-order valence-corrected chi connectivity index (χ1v) is 8.08. The molecule has 0 aromatic rings. The summed E-state index contributed by atoms with van der Waals surface area (Å²) in [6.45, 7) is 7.60. The molecule has 0 radical (unpaired) electrons. The zero-order valence-corrected chi connectivity index (χ0v) is 12.6. The van der Waals surface area contributed by atoms with Gasteiger partial charge in [0.25, 0.3) is 0 Å². The Morgan fingerprint density at radius 2 is 1.84 bits per heavy atom. The van der Waals surface area contributed by atoms with Crippen molar-refractivity contribution in [3.63, 3.8) is 0 Å². The van der Waals surface area contributed by atoms with Crippen LogP contribution in [0, 0.1) is 11.3 Å². The summed E-state index contributed by atoms with van der Waals surface area (Å²) in [6.07, 6.45) is 7.14. The summed E-state index contributed by atoms with van der Waals surface area (Å²) in [4.78, 5) is 15.0. The van der Waals surface area contributed by atoms with Crippen molar-refractivity contribution in [1.82, 2.24) is 10.2 Å². The summed E-state index contributed by atoms with van der Waals surface area (Å²) in [5.74, 6) is 0.740. The number of hydrogen-bond acceptors (Lipinski definition) is 2. The highest BCUT2D eigenvalue weighted by Crippen LogP contribution is 2.53. The van der Waals surface area contributed by atoms with Gasteiger partial charge in [0.05, 0.1) is 0 Å². The summed E-state index contributed by atoms with van der Waals surface area (Å²) >= 11 is 0. The number of amides is 1. The van der Waals surface area contributed by atoms with Crippen molar-refractivity contribution in [1.29, 1.82) is 0 Å². The van der Waals surface area contributed by atoms with Gasteiger partial charge >= 0.3 is 0 Å². The number of fused-ring (bicyclic) bond motifs is 2. The normalized spacial score (nSPS) is 39.1. The van der Waals surface area contributed by atoms with E-state index in [0.717, 1.165) is 19.4 Å². The monoisotopic (exact) mass is 264 g/mol. The van der Waals surface area contributed by atoms with Gasteiger partial charge in [0.2, 0.25) is 5.91 Å². The molecule has 2 aliphatic heterocycles. The van der Waals surface area contributed by atoms with Crippen LogP contribution in [0.1, 0.15) is 59.3 Å². The Balaban J connectivity index is 1.68. The van der Waals surface area contributed by atoms with Gasteiger partial charge in [-0.05, 0) is 43.9 Å². The lowest BCUT2D eigenvalue weighted by molar-refractivity contribution is -0.136. The highest BCUT2D eigenvalue weighted by atomic mass is 16.2. The molecule has 19 heavy (non-hydrogen) atoms. The van der Waals surface area contributed by atoms with Gasteiger partial charge in [-0.15, -0.1) is 0 Å². The maximum atomic E-state index is 12.7. The second-order valence-corrected chi connectivity index (χ2v) is 7.54. The summed E-state index contributed by atoms with van der Waals surface area (Å²) in [7, 11) is 0. The lowest BCUT2D eigenvalue weighted by Crippen LogP contribution is -2.51. The van der Waals surface area contributed by atoms with Crippen molar-refractivity contribution in [3.05, 3.63) is 0 Å². The number of nitrogens with one attached hydrogen (secondary N) is 1. The van der Waals surface area contributed by atoms with Gasteiger partial charge in [-0.1, -0.05) is 20.8 Å². The van der Waals surface area contributed by atoms with Crippen LogP contribution in [0.2, 0.25) is 0 Å². The molecule has 3 atom stereocenters. The van der Waals surface area contributed by atoms with Crippen LogP contribution in [0.4, 0.5) is 0 Å². The van der Waals surface area contributed by atoms with E-state index in [4.69, 9.17) is 0 Å². The molecule has 1 N–H and O–H groups in total. The molecule has 3 unspecified atom stereocenters. The van der Waals surface area contributed by atoms with E-state index in [-0.39, 0.29) is 5.41 Å². The molecule has 3 rings (SSSR count). The second kappa shape index (κ2) is 4.76. The number of nitrogens with zero attached hydrogens (tertiary/aromatic N) is 1. The van der Waals surface area contributed by atoms with E-state index in [1.807, 2.05) is 0 Å². The third kappa shape index (κ3) is 2.54. The van der Waals surface area contributed by atoms with Gasteiger partial charge < -0.3 is 10.2 Å². The van der Waals surface area contributed by atoms with E-state index in [2.05, 4.69) is 31.0 Å². The van der Waals surface area contributed by atoms with Gasteiger partial charge in [0.15, 0.2) is 0 Å². The van der Waals surface area contributed by atoms with Crippen LogP contribution in [0.15, 0.2) is 0 Å². The maximum absolute atomic E-state index is 12.7. The van der Waals surface area contributed by atoms with Crippen molar-refractivity contribution in [2.24, 2.45) is 11.3 Å². The summed E-state index contributed by atoms with van der Waals surface area (Å²) < 4.78 is 0. The van der Waals surface area contributed by atoms with Crippen LogP contribution in [0.3, 0.4) is 0 Å². The number of piperidine rings is 1. The minimum Gasteiger partial charge on any atom is -0.339 e. The molecule has 3 aliphatic rings. The Morgan fingerprint density at radius 1 is 1.26 bits per heavy atom. The minimum absolute atomic E-state index is 0.259. The van der Waals surface area contributed by atoms with Crippen molar-refractivity contribution in [2.75, 3.05) is 6.54 Å². The average molecular weight is 264 g/mol. The lowest BCUT2D eigenvalue weighted by Gasteiger charge is -2.38. The molecular formula is C16H28N2O. The van der Waals surface area contributed by atoms with Crippen LogP contribution in [0.25, 0.3) is 0 Å². The molecule has 2 saturated heterocycles. The second-order valence-electron chi connectivity index (χ2n) is 7.54. The predicted molar refractivity (Wildman–Crippen MR) is 76.9 cm³/mol. The minimum atomic E-state index is 0.259. The number of carbonyl (C=O) groups is 1. The van der Waals surface area contributed by atoms with Crippen LogP contribution in [0.5, 0.6) is 0 Å². The Hall–Kier alpha value is -0.570. The molecule has 0 aromatic carbocycles. The third-order valence-corrected chi connectivity index (χ3v) is 5.45. The average Bonchev–Trinajstić information content (AvgIpc) is 2.88. The number of hydrogen-bond donors (Lipinski definition) is 1.